The Morgan fingerprint density at radius 1 is 1.50 bits per heavy atom. The molecule has 0 aliphatic carbocycles. The van der Waals surface area contributed by atoms with E-state index in [9.17, 15) is 9.59 Å². The van der Waals surface area contributed by atoms with Crippen LogP contribution in [0.5, 0.6) is 0 Å². The van der Waals surface area contributed by atoms with Gasteiger partial charge in [-0.2, -0.15) is 0 Å². The van der Waals surface area contributed by atoms with E-state index < -0.39 is 5.41 Å². The largest absolute Gasteiger partial charge is 0.443 e. The Bertz CT molecular complexity index is 671. The molecule has 0 spiro atoms. The van der Waals surface area contributed by atoms with E-state index in [0.717, 1.165) is 16.1 Å². The number of esters is 1. The van der Waals surface area contributed by atoms with Crippen LogP contribution in [0.15, 0.2) is 22.9 Å². The number of aromatic nitrogens is 2. The van der Waals surface area contributed by atoms with Gasteiger partial charge in [0.1, 0.15) is 5.65 Å². The molecule has 20 heavy (non-hydrogen) atoms. The molecule has 0 aromatic carbocycles. The molecule has 106 valence electrons. The Labute approximate surface area is 125 Å². The van der Waals surface area contributed by atoms with Crippen LogP contribution in [0.25, 0.3) is 11.0 Å². The molecule has 0 aliphatic rings. The average molecular weight is 339 g/mol. The van der Waals surface area contributed by atoms with Crippen LogP contribution in [-0.4, -0.2) is 21.8 Å². The van der Waals surface area contributed by atoms with E-state index in [-0.39, 0.29) is 12.7 Å². The Balaban J connectivity index is 2.31. The molecule has 0 amide bonds. The first-order chi connectivity index (χ1) is 9.32. The van der Waals surface area contributed by atoms with Crippen LogP contribution in [0, 0.1) is 5.41 Å². The minimum absolute atomic E-state index is 0.0368. The highest BCUT2D eigenvalue weighted by Gasteiger charge is 2.23. The Kier molecular flexibility index (Phi) is 3.94. The molecule has 2 rings (SSSR count). The number of halogens is 1. The summed E-state index contributed by atoms with van der Waals surface area (Å²) in [6.07, 6.45) is 4.03. The molecular formula is C14H15BrN2O3. The zero-order valence-electron chi connectivity index (χ0n) is 11.5. The highest BCUT2D eigenvalue weighted by molar-refractivity contribution is 9.10. The lowest BCUT2D eigenvalue weighted by Crippen LogP contribution is -2.23. The second kappa shape index (κ2) is 5.36. The summed E-state index contributed by atoms with van der Waals surface area (Å²) < 4.78 is 7.68. The van der Waals surface area contributed by atoms with Crippen LogP contribution in [0.1, 0.15) is 31.1 Å². The molecule has 0 atom stereocenters. The molecule has 2 aromatic heterocycles. The van der Waals surface area contributed by atoms with Crippen LogP contribution in [0.2, 0.25) is 0 Å². The molecule has 2 heterocycles. The molecule has 2 aromatic rings. The zero-order chi connectivity index (χ0) is 14.9. The fourth-order valence-electron chi connectivity index (χ4n) is 1.71. The van der Waals surface area contributed by atoms with Crippen molar-refractivity contribution in [3.05, 3.63) is 28.5 Å². The van der Waals surface area contributed by atoms with Gasteiger partial charge in [-0.1, -0.05) is 0 Å². The van der Waals surface area contributed by atoms with Crippen molar-refractivity contribution in [3.8, 4) is 0 Å². The molecule has 5 nitrogen and oxygen atoms in total. The highest BCUT2D eigenvalue weighted by atomic mass is 79.9. The number of carbonyl (C=O) groups excluding carboxylic acids is 2. The summed E-state index contributed by atoms with van der Waals surface area (Å²) in [5.41, 5.74) is 0.560. The number of hydrogen-bond acceptors (Lipinski definition) is 4. The van der Waals surface area contributed by atoms with Gasteiger partial charge in [0, 0.05) is 27.8 Å². The van der Waals surface area contributed by atoms with Crippen LogP contribution >= 0.6 is 15.9 Å². The lowest BCUT2D eigenvalue weighted by Gasteiger charge is -2.16. The maximum Gasteiger partial charge on any atom is 0.312 e. The molecule has 0 bridgehead atoms. The van der Waals surface area contributed by atoms with Gasteiger partial charge in [0.25, 0.3) is 0 Å². The fraction of sp³-hybridized carbons (Fsp3) is 0.357. The third-order valence-corrected chi connectivity index (χ3v) is 3.22. The van der Waals surface area contributed by atoms with Crippen molar-refractivity contribution in [2.75, 3.05) is 0 Å². The third-order valence-electron chi connectivity index (χ3n) is 2.79. The number of carbonyl (C=O) groups is 2. The molecule has 6 heteroatoms. The lowest BCUT2D eigenvalue weighted by atomic mass is 9.98. The Morgan fingerprint density at radius 2 is 2.20 bits per heavy atom. The monoisotopic (exact) mass is 338 g/mol. The van der Waals surface area contributed by atoms with Crippen LogP contribution < -0.4 is 0 Å². The van der Waals surface area contributed by atoms with Crippen molar-refractivity contribution >= 4 is 39.2 Å². The van der Waals surface area contributed by atoms with Crippen LogP contribution in [0.4, 0.5) is 0 Å². The van der Waals surface area contributed by atoms with Gasteiger partial charge in [-0.05, 0) is 42.8 Å². The van der Waals surface area contributed by atoms with Crippen molar-refractivity contribution in [2.45, 2.75) is 27.5 Å². The SMILES string of the molecule is CC(C)(C)C(=O)OCn1cc(C=O)c2cc(Br)cnc21. The number of pyridine rings is 1. The Hall–Kier alpha value is -1.69. The predicted octanol–water partition coefficient (Wildman–Crippen LogP) is 3.16. The van der Waals surface area contributed by atoms with Gasteiger partial charge in [0.2, 0.25) is 0 Å². The minimum Gasteiger partial charge on any atom is -0.443 e. The van der Waals surface area contributed by atoms with Gasteiger partial charge < -0.3 is 4.74 Å². The standard InChI is InChI=1S/C14H15BrN2O3/c1-14(2,3)13(19)20-8-17-6-9(7-18)11-4-10(15)5-16-12(11)17/h4-7H,8H2,1-3H3. The van der Waals surface area contributed by atoms with Crippen molar-refractivity contribution in [1.82, 2.24) is 9.55 Å². The molecule has 0 unspecified atom stereocenters. The third kappa shape index (κ3) is 2.90. The number of ether oxygens (including phenoxy) is 1. The number of rotatable bonds is 3. The van der Waals surface area contributed by atoms with E-state index in [1.54, 1.807) is 37.7 Å². The first-order valence-corrected chi connectivity index (χ1v) is 6.89. The summed E-state index contributed by atoms with van der Waals surface area (Å²) in [6.45, 7) is 5.40. The van der Waals surface area contributed by atoms with Gasteiger partial charge in [0.15, 0.2) is 13.0 Å². The topological polar surface area (TPSA) is 61.2 Å². The first kappa shape index (κ1) is 14.7. The van der Waals surface area contributed by atoms with Crippen molar-refractivity contribution in [2.24, 2.45) is 5.41 Å². The summed E-state index contributed by atoms with van der Waals surface area (Å²) in [6, 6.07) is 1.81. The molecule has 0 aliphatic heterocycles. The van der Waals surface area contributed by atoms with Gasteiger partial charge in [-0.3, -0.25) is 14.2 Å². The van der Waals surface area contributed by atoms with Gasteiger partial charge in [-0.15, -0.1) is 0 Å². The summed E-state index contributed by atoms with van der Waals surface area (Å²) in [7, 11) is 0. The number of fused-ring (bicyclic) bond motifs is 1. The predicted molar refractivity (Wildman–Crippen MR) is 78.4 cm³/mol. The van der Waals surface area contributed by atoms with Crippen molar-refractivity contribution < 1.29 is 14.3 Å². The molecule has 0 saturated heterocycles. The lowest BCUT2D eigenvalue weighted by molar-refractivity contribution is -0.156. The number of aldehydes is 1. The summed E-state index contributed by atoms with van der Waals surface area (Å²) in [5.74, 6) is -0.302. The number of nitrogens with zero attached hydrogens (tertiary/aromatic N) is 2. The minimum atomic E-state index is -0.563. The molecule has 0 saturated carbocycles. The maximum atomic E-state index is 11.8. The zero-order valence-corrected chi connectivity index (χ0v) is 13.1. The van der Waals surface area contributed by atoms with E-state index in [0.29, 0.717) is 11.2 Å². The van der Waals surface area contributed by atoms with Gasteiger partial charge in [-0.25, -0.2) is 4.98 Å². The molecule has 0 fully saturated rings. The quantitative estimate of drug-likeness (QED) is 0.637. The maximum absolute atomic E-state index is 11.8. The van der Waals surface area contributed by atoms with Gasteiger partial charge >= 0.3 is 5.97 Å². The van der Waals surface area contributed by atoms with E-state index in [2.05, 4.69) is 20.9 Å². The van der Waals surface area contributed by atoms with Crippen molar-refractivity contribution in [1.29, 1.82) is 0 Å². The summed E-state index contributed by atoms with van der Waals surface area (Å²) in [5, 5.41) is 0.723. The van der Waals surface area contributed by atoms with Gasteiger partial charge in [0.05, 0.1) is 5.41 Å². The average Bonchev–Trinajstić information content (AvgIpc) is 2.72. The van der Waals surface area contributed by atoms with E-state index in [4.69, 9.17) is 4.74 Å². The Morgan fingerprint density at radius 3 is 2.80 bits per heavy atom. The van der Waals surface area contributed by atoms with Crippen LogP contribution in [0.3, 0.4) is 0 Å². The normalized spacial score (nSPS) is 11.6. The molecule has 0 radical (unpaired) electrons. The van der Waals surface area contributed by atoms with E-state index in [1.165, 1.54) is 0 Å². The second-order valence-electron chi connectivity index (χ2n) is 5.51. The summed E-state index contributed by atoms with van der Waals surface area (Å²) in [4.78, 5) is 27.1. The summed E-state index contributed by atoms with van der Waals surface area (Å²) >= 11 is 3.32. The smallest absolute Gasteiger partial charge is 0.312 e. The highest BCUT2D eigenvalue weighted by Crippen LogP contribution is 2.23. The van der Waals surface area contributed by atoms with Crippen LogP contribution in [-0.2, 0) is 16.3 Å². The van der Waals surface area contributed by atoms with E-state index in [1.807, 2.05) is 6.07 Å². The first-order valence-electron chi connectivity index (χ1n) is 6.09. The number of hydrogen-bond donors (Lipinski definition) is 0. The van der Waals surface area contributed by atoms with Crippen molar-refractivity contribution in [3.63, 3.8) is 0 Å². The second-order valence-corrected chi connectivity index (χ2v) is 6.42. The molecule has 0 N–H and O–H groups in total. The molecular weight excluding hydrogens is 324 g/mol. The van der Waals surface area contributed by atoms with E-state index >= 15 is 0 Å². The fourth-order valence-corrected chi connectivity index (χ4v) is 2.04.